The van der Waals surface area contributed by atoms with E-state index < -0.39 is 5.60 Å². The van der Waals surface area contributed by atoms with E-state index in [-0.39, 0.29) is 6.10 Å². The third kappa shape index (κ3) is 5.62. The Balaban J connectivity index is 2.62. The number of rotatable bonds is 7. The lowest BCUT2D eigenvalue weighted by Gasteiger charge is -2.25. The SMILES string of the molecule is CC(C)CNCC(C)(O)c1ccc(OC(C)C)cc1. The van der Waals surface area contributed by atoms with Gasteiger partial charge in [0.1, 0.15) is 5.75 Å². The van der Waals surface area contributed by atoms with E-state index in [9.17, 15) is 5.11 Å². The van der Waals surface area contributed by atoms with Gasteiger partial charge in [0.15, 0.2) is 0 Å². The van der Waals surface area contributed by atoms with Gasteiger partial charge in [-0.2, -0.15) is 0 Å². The Hall–Kier alpha value is -1.06. The van der Waals surface area contributed by atoms with Gasteiger partial charge in [-0.1, -0.05) is 26.0 Å². The second-order valence-electron chi connectivity index (χ2n) is 5.99. The zero-order valence-electron chi connectivity index (χ0n) is 12.7. The quantitative estimate of drug-likeness (QED) is 0.796. The number of aliphatic hydroxyl groups is 1. The molecule has 0 spiro atoms. The fourth-order valence-electron chi connectivity index (χ4n) is 1.87. The summed E-state index contributed by atoms with van der Waals surface area (Å²) in [5.74, 6) is 1.42. The average molecular weight is 265 g/mol. The fourth-order valence-corrected chi connectivity index (χ4v) is 1.87. The molecule has 0 aliphatic carbocycles. The van der Waals surface area contributed by atoms with Crippen LogP contribution in [-0.2, 0) is 5.60 Å². The molecule has 1 aromatic carbocycles. The van der Waals surface area contributed by atoms with E-state index >= 15 is 0 Å². The van der Waals surface area contributed by atoms with Gasteiger partial charge in [-0.05, 0) is 50.9 Å². The van der Waals surface area contributed by atoms with Crippen LogP contribution >= 0.6 is 0 Å². The molecule has 0 aliphatic heterocycles. The first-order valence-corrected chi connectivity index (χ1v) is 7.01. The third-order valence-corrected chi connectivity index (χ3v) is 2.87. The van der Waals surface area contributed by atoms with E-state index in [1.165, 1.54) is 0 Å². The second kappa shape index (κ2) is 6.92. The summed E-state index contributed by atoms with van der Waals surface area (Å²) in [6.07, 6.45) is 0.166. The van der Waals surface area contributed by atoms with Gasteiger partial charge in [0.25, 0.3) is 0 Å². The molecule has 0 saturated carbocycles. The molecule has 108 valence electrons. The molecule has 0 bridgehead atoms. The maximum atomic E-state index is 10.5. The Kier molecular flexibility index (Phi) is 5.83. The van der Waals surface area contributed by atoms with Crippen LogP contribution in [0.15, 0.2) is 24.3 Å². The van der Waals surface area contributed by atoms with Crippen LogP contribution in [0.4, 0.5) is 0 Å². The summed E-state index contributed by atoms with van der Waals surface area (Å²) < 4.78 is 5.60. The molecular weight excluding hydrogens is 238 g/mol. The van der Waals surface area contributed by atoms with E-state index in [1.54, 1.807) is 0 Å². The maximum Gasteiger partial charge on any atom is 0.119 e. The monoisotopic (exact) mass is 265 g/mol. The van der Waals surface area contributed by atoms with Crippen LogP contribution < -0.4 is 10.1 Å². The standard InChI is InChI=1S/C16H27NO2/c1-12(2)10-17-11-16(5,18)14-6-8-15(9-7-14)19-13(3)4/h6-9,12-13,17-18H,10-11H2,1-5H3. The van der Waals surface area contributed by atoms with E-state index in [4.69, 9.17) is 4.74 Å². The number of hydrogen-bond donors (Lipinski definition) is 2. The summed E-state index contributed by atoms with van der Waals surface area (Å²) in [6, 6.07) is 7.67. The maximum absolute atomic E-state index is 10.5. The molecule has 0 aliphatic rings. The normalized spacial score (nSPS) is 14.7. The molecular formula is C16H27NO2. The Labute approximate surface area is 117 Å². The molecule has 19 heavy (non-hydrogen) atoms. The summed E-state index contributed by atoms with van der Waals surface area (Å²) in [4.78, 5) is 0. The van der Waals surface area contributed by atoms with Crippen molar-refractivity contribution in [2.24, 2.45) is 5.92 Å². The van der Waals surface area contributed by atoms with Gasteiger partial charge in [0, 0.05) is 6.54 Å². The predicted octanol–water partition coefficient (Wildman–Crippen LogP) is 2.93. The van der Waals surface area contributed by atoms with Crippen molar-refractivity contribution in [3.8, 4) is 5.75 Å². The minimum Gasteiger partial charge on any atom is -0.491 e. The van der Waals surface area contributed by atoms with Crippen molar-refractivity contribution in [1.29, 1.82) is 0 Å². The van der Waals surface area contributed by atoms with Crippen LogP contribution in [0.1, 0.15) is 40.2 Å². The highest BCUT2D eigenvalue weighted by molar-refractivity contribution is 5.30. The zero-order valence-corrected chi connectivity index (χ0v) is 12.7. The fraction of sp³-hybridized carbons (Fsp3) is 0.625. The van der Waals surface area contributed by atoms with Crippen LogP contribution in [-0.4, -0.2) is 24.3 Å². The van der Waals surface area contributed by atoms with Crippen molar-refractivity contribution in [2.45, 2.75) is 46.3 Å². The topological polar surface area (TPSA) is 41.5 Å². The van der Waals surface area contributed by atoms with Crippen molar-refractivity contribution >= 4 is 0 Å². The molecule has 1 atom stereocenters. The Morgan fingerprint density at radius 2 is 1.74 bits per heavy atom. The minimum atomic E-state index is -0.856. The Morgan fingerprint density at radius 1 is 1.16 bits per heavy atom. The van der Waals surface area contributed by atoms with Crippen molar-refractivity contribution < 1.29 is 9.84 Å². The summed E-state index contributed by atoms with van der Waals surface area (Å²) in [5, 5.41) is 13.8. The first-order valence-electron chi connectivity index (χ1n) is 7.01. The highest BCUT2D eigenvalue weighted by atomic mass is 16.5. The summed E-state index contributed by atoms with van der Waals surface area (Å²) in [6.45, 7) is 11.6. The lowest BCUT2D eigenvalue weighted by atomic mass is 9.96. The molecule has 1 unspecified atom stereocenters. The second-order valence-corrected chi connectivity index (χ2v) is 5.99. The summed E-state index contributed by atoms with van der Waals surface area (Å²) in [7, 11) is 0. The zero-order chi connectivity index (χ0) is 14.5. The van der Waals surface area contributed by atoms with Crippen LogP contribution in [0.25, 0.3) is 0 Å². The van der Waals surface area contributed by atoms with Crippen molar-refractivity contribution in [3.63, 3.8) is 0 Å². The van der Waals surface area contributed by atoms with Crippen molar-refractivity contribution in [1.82, 2.24) is 5.32 Å². The van der Waals surface area contributed by atoms with Gasteiger partial charge in [0.05, 0.1) is 11.7 Å². The lowest BCUT2D eigenvalue weighted by Crippen LogP contribution is -2.36. The molecule has 0 radical (unpaired) electrons. The molecule has 1 aromatic rings. The average Bonchev–Trinajstić information content (AvgIpc) is 2.28. The molecule has 0 fully saturated rings. The predicted molar refractivity (Wildman–Crippen MR) is 79.5 cm³/mol. The molecule has 0 saturated heterocycles. The van der Waals surface area contributed by atoms with Gasteiger partial charge in [-0.15, -0.1) is 0 Å². The van der Waals surface area contributed by atoms with Crippen molar-refractivity contribution in [2.75, 3.05) is 13.1 Å². The van der Waals surface area contributed by atoms with Crippen molar-refractivity contribution in [3.05, 3.63) is 29.8 Å². The molecule has 3 nitrogen and oxygen atoms in total. The number of nitrogens with one attached hydrogen (secondary N) is 1. The van der Waals surface area contributed by atoms with E-state index in [0.29, 0.717) is 12.5 Å². The molecule has 0 heterocycles. The number of benzene rings is 1. The smallest absolute Gasteiger partial charge is 0.119 e. The summed E-state index contributed by atoms with van der Waals surface area (Å²) >= 11 is 0. The largest absolute Gasteiger partial charge is 0.491 e. The highest BCUT2D eigenvalue weighted by Crippen LogP contribution is 2.23. The van der Waals surface area contributed by atoms with Crippen LogP contribution in [0.2, 0.25) is 0 Å². The minimum absolute atomic E-state index is 0.166. The Bertz CT molecular complexity index is 369. The molecule has 1 rings (SSSR count). The van der Waals surface area contributed by atoms with Crippen LogP contribution in [0.3, 0.4) is 0 Å². The Morgan fingerprint density at radius 3 is 2.21 bits per heavy atom. The molecule has 0 aromatic heterocycles. The highest BCUT2D eigenvalue weighted by Gasteiger charge is 2.22. The molecule has 0 amide bonds. The number of ether oxygens (including phenoxy) is 1. The van der Waals surface area contributed by atoms with Gasteiger partial charge in [-0.3, -0.25) is 0 Å². The lowest BCUT2D eigenvalue weighted by molar-refractivity contribution is 0.0563. The summed E-state index contributed by atoms with van der Waals surface area (Å²) in [5.41, 5.74) is 0.0467. The number of hydrogen-bond acceptors (Lipinski definition) is 3. The van der Waals surface area contributed by atoms with Gasteiger partial charge < -0.3 is 15.2 Å². The molecule has 2 N–H and O–H groups in total. The van der Waals surface area contributed by atoms with Crippen LogP contribution in [0.5, 0.6) is 5.75 Å². The van der Waals surface area contributed by atoms with E-state index in [2.05, 4.69) is 19.2 Å². The first-order chi connectivity index (χ1) is 8.81. The molecule has 3 heteroatoms. The van der Waals surface area contributed by atoms with E-state index in [1.807, 2.05) is 45.0 Å². The third-order valence-electron chi connectivity index (χ3n) is 2.87. The first kappa shape index (κ1) is 16.0. The van der Waals surface area contributed by atoms with Crippen LogP contribution in [0, 0.1) is 5.92 Å². The van der Waals surface area contributed by atoms with Gasteiger partial charge >= 0.3 is 0 Å². The van der Waals surface area contributed by atoms with E-state index in [0.717, 1.165) is 17.9 Å². The van der Waals surface area contributed by atoms with Gasteiger partial charge in [-0.25, -0.2) is 0 Å². The van der Waals surface area contributed by atoms with Gasteiger partial charge in [0.2, 0.25) is 0 Å².